The Morgan fingerprint density at radius 2 is 1.77 bits per heavy atom. The molecule has 1 fully saturated rings. The van der Waals surface area contributed by atoms with Gasteiger partial charge in [-0.25, -0.2) is 0 Å². The number of anilines is 1. The fourth-order valence-electron chi connectivity index (χ4n) is 3.66. The van der Waals surface area contributed by atoms with Gasteiger partial charge in [-0.15, -0.1) is 0 Å². The van der Waals surface area contributed by atoms with Crippen molar-refractivity contribution >= 4 is 46.6 Å². The molecule has 0 saturated carbocycles. The third kappa shape index (κ3) is 5.58. The highest BCUT2D eigenvalue weighted by molar-refractivity contribution is 7.80. The molecule has 1 aliphatic heterocycles. The van der Waals surface area contributed by atoms with E-state index in [-0.39, 0.29) is 5.91 Å². The van der Waals surface area contributed by atoms with Gasteiger partial charge in [0.25, 0.3) is 5.91 Å². The first-order valence-corrected chi connectivity index (χ1v) is 11.8. The smallest absolute Gasteiger partial charge is 0.281 e. The first kappa shape index (κ1) is 24.6. The summed E-state index contributed by atoms with van der Waals surface area (Å²) in [7, 11) is 1.61. The zero-order chi connectivity index (χ0) is 24.9. The normalized spacial score (nSPS) is 14.3. The van der Waals surface area contributed by atoms with Gasteiger partial charge in [-0.05, 0) is 97.9 Å². The van der Waals surface area contributed by atoms with E-state index in [1.807, 2.05) is 56.3 Å². The van der Waals surface area contributed by atoms with Gasteiger partial charge in [0, 0.05) is 10.6 Å². The average Bonchev–Trinajstić information content (AvgIpc) is 3.13. The fraction of sp³-hybridized carbons (Fsp3) is 0.185. The van der Waals surface area contributed by atoms with Crippen LogP contribution in [-0.4, -0.2) is 24.7 Å². The first-order valence-electron chi connectivity index (χ1n) is 11.1. The third-order valence-electron chi connectivity index (χ3n) is 5.42. The van der Waals surface area contributed by atoms with E-state index in [1.165, 1.54) is 4.90 Å². The van der Waals surface area contributed by atoms with Gasteiger partial charge in [-0.2, -0.15) is 0 Å². The second-order valence-electron chi connectivity index (χ2n) is 7.83. The summed E-state index contributed by atoms with van der Waals surface area (Å²) in [6.07, 6.45) is 1.76. The number of nitrogens with zero attached hydrogens (tertiary/aromatic N) is 1. The minimum Gasteiger partial charge on any atom is -0.496 e. The monoisotopic (exact) mass is 508 g/mol. The number of aryl methyl sites for hydroxylation is 1. The Balaban J connectivity index is 1.54. The highest BCUT2D eigenvalue weighted by Gasteiger charge is 2.32. The number of rotatable bonds is 8. The van der Waals surface area contributed by atoms with E-state index in [1.54, 1.807) is 31.4 Å². The number of amides is 1. The molecule has 0 radical (unpaired) electrons. The summed E-state index contributed by atoms with van der Waals surface area (Å²) < 4.78 is 16.9. The van der Waals surface area contributed by atoms with Crippen LogP contribution in [0.15, 0.2) is 66.4 Å². The second-order valence-corrected chi connectivity index (χ2v) is 8.62. The number of ether oxygens (including phenoxy) is 3. The van der Waals surface area contributed by atoms with Crippen molar-refractivity contribution in [2.24, 2.45) is 0 Å². The van der Waals surface area contributed by atoms with Crippen molar-refractivity contribution in [3.63, 3.8) is 0 Å². The number of hydrogen-bond acceptors (Lipinski definition) is 5. The molecule has 1 amide bonds. The number of carbonyl (C=O) groups excluding carboxylic acids is 1. The van der Waals surface area contributed by atoms with Crippen LogP contribution in [0.3, 0.4) is 0 Å². The number of carbonyl (C=O) groups is 1. The van der Waals surface area contributed by atoms with Gasteiger partial charge in [-0.3, -0.25) is 9.69 Å². The summed E-state index contributed by atoms with van der Waals surface area (Å²) in [4.78, 5) is 14.6. The van der Waals surface area contributed by atoms with Gasteiger partial charge >= 0.3 is 0 Å². The van der Waals surface area contributed by atoms with Crippen LogP contribution < -0.4 is 24.4 Å². The van der Waals surface area contributed by atoms with Crippen molar-refractivity contribution in [2.75, 3.05) is 18.6 Å². The Labute approximate surface area is 215 Å². The molecular weight excluding hydrogens is 484 g/mol. The van der Waals surface area contributed by atoms with E-state index in [9.17, 15) is 4.79 Å². The van der Waals surface area contributed by atoms with Gasteiger partial charge in [0.15, 0.2) is 5.11 Å². The minimum atomic E-state index is -0.232. The van der Waals surface area contributed by atoms with Gasteiger partial charge in [0.05, 0.1) is 19.4 Å². The van der Waals surface area contributed by atoms with Gasteiger partial charge in [0.2, 0.25) is 0 Å². The highest BCUT2D eigenvalue weighted by Crippen LogP contribution is 2.28. The molecule has 6 nitrogen and oxygen atoms in total. The van der Waals surface area contributed by atoms with Crippen LogP contribution in [0.1, 0.15) is 23.6 Å². The lowest BCUT2D eigenvalue weighted by Gasteiger charge is -2.14. The van der Waals surface area contributed by atoms with E-state index in [2.05, 4.69) is 5.32 Å². The van der Waals surface area contributed by atoms with Crippen molar-refractivity contribution in [3.8, 4) is 17.2 Å². The summed E-state index contributed by atoms with van der Waals surface area (Å²) in [6, 6.07) is 18.4. The molecule has 4 rings (SSSR count). The summed E-state index contributed by atoms with van der Waals surface area (Å²) in [6.45, 7) is 4.71. The van der Waals surface area contributed by atoms with E-state index in [0.29, 0.717) is 46.2 Å². The maximum absolute atomic E-state index is 13.1. The zero-order valence-electron chi connectivity index (χ0n) is 19.6. The summed E-state index contributed by atoms with van der Waals surface area (Å²) in [5.74, 6) is 1.90. The molecule has 0 bridgehead atoms. The second kappa shape index (κ2) is 10.8. The first-order chi connectivity index (χ1) is 16.9. The molecule has 0 unspecified atom stereocenters. The summed E-state index contributed by atoms with van der Waals surface area (Å²) in [5.41, 5.74) is 3.64. The Morgan fingerprint density at radius 1 is 1.03 bits per heavy atom. The Hall–Kier alpha value is -3.55. The minimum absolute atomic E-state index is 0.232. The lowest BCUT2D eigenvalue weighted by molar-refractivity contribution is -0.113. The molecule has 3 aromatic rings. The number of benzene rings is 3. The maximum atomic E-state index is 13.1. The van der Waals surface area contributed by atoms with Crippen LogP contribution in [0.25, 0.3) is 6.08 Å². The van der Waals surface area contributed by atoms with Crippen molar-refractivity contribution in [1.82, 2.24) is 5.32 Å². The molecule has 0 spiro atoms. The van der Waals surface area contributed by atoms with Crippen LogP contribution >= 0.6 is 23.8 Å². The number of halogens is 1. The van der Waals surface area contributed by atoms with Gasteiger partial charge in [0.1, 0.15) is 29.6 Å². The molecule has 1 saturated heterocycles. The molecule has 35 heavy (non-hydrogen) atoms. The molecular formula is C27H25ClN2O4S. The molecule has 180 valence electrons. The van der Waals surface area contributed by atoms with Crippen molar-refractivity contribution in [3.05, 3.63) is 88.1 Å². The predicted octanol–water partition coefficient (Wildman–Crippen LogP) is 5.90. The SMILES string of the molecule is CCOc1ccc(N2C(=O)/C(=C\c3ccc(OC)c(COc4ccc(Cl)c(C)c4)c3)NC2=S)cc1. The van der Waals surface area contributed by atoms with Crippen molar-refractivity contribution in [1.29, 1.82) is 0 Å². The van der Waals surface area contributed by atoms with E-state index in [4.69, 9.17) is 38.0 Å². The molecule has 0 aliphatic carbocycles. The molecule has 3 aromatic carbocycles. The molecule has 0 aromatic heterocycles. The third-order valence-corrected chi connectivity index (χ3v) is 6.13. The molecule has 1 N–H and O–H groups in total. The van der Waals surface area contributed by atoms with Crippen molar-refractivity contribution < 1.29 is 19.0 Å². The van der Waals surface area contributed by atoms with Gasteiger partial charge < -0.3 is 19.5 Å². The number of hydrogen-bond donors (Lipinski definition) is 1. The number of nitrogens with one attached hydrogen (secondary N) is 1. The fourth-order valence-corrected chi connectivity index (χ4v) is 4.08. The molecule has 1 heterocycles. The van der Waals surface area contributed by atoms with Crippen LogP contribution in [0.2, 0.25) is 5.02 Å². The van der Waals surface area contributed by atoms with Crippen molar-refractivity contribution in [2.45, 2.75) is 20.5 Å². The Morgan fingerprint density at radius 3 is 2.46 bits per heavy atom. The molecule has 0 atom stereocenters. The van der Waals surface area contributed by atoms with Crippen LogP contribution in [0.5, 0.6) is 17.2 Å². The summed E-state index contributed by atoms with van der Waals surface area (Å²) >= 11 is 11.5. The quantitative estimate of drug-likeness (QED) is 0.302. The van der Waals surface area contributed by atoms with E-state index in [0.717, 1.165) is 22.4 Å². The molecule has 1 aliphatic rings. The summed E-state index contributed by atoms with van der Waals surface area (Å²) in [5, 5.41) is 4.03. The zero-order valence-corrected chi connectivity index (χ0v) is 21.2. The van der Waals surface area contributed by atoms with Crippen LogP contribution in [0.4, 0.5) is 5.69 Å². The predicted molar refractivity (Wildman–Crippen MR) is 142 cm³/mol. The lowest BCUT2D eigenvalue weighted by atomic mass is 10.1. The van der Waals surface area contributed by atoms with E-state index < -0.39 is 0 Å². The van der Waals surface area contributed by atoms with Gasteiger partial charge in [-0.1, -0.05) is 17.7 Å². The Bertz CT molecular complexity index is 1290. The largest absolute Gasteiger partial charge is 0.496 e. The standard InChI is InChI=1S/C27H25ClN2O4S/c1-4-33-21-8-6-20(7-9-21)30-26(31)24(29-27(30)35)15-18-5-12-25(32-3)19(14-18)16-34-22-10-11-23(28)17(2)13-22/h5-15H,4,16H2,1-3H3,(H,29,35)/b24-15+. The van der Waals surface area contributed by atoms with E-state index >= 15 is 0 Å². The van der Waals surface area contributed by atoms with Crippen LogP contribution in [-0.2, 0) is 11.4 Å². The number of thiocarbonyl (C=S) groups is 1. The highest BCUT2D eigenvalue weighted by atomic mass is 35.5. The topological polar surface area (TPSA) is 60.0 Å². The number of methoxy groups -OCH3 is 1. The average molecular weight is 509 g/mol. The van der Waals surface area contributed by atoms with Crippen LogP contribution in [0, 0.1) is 6.92 Å². The lowest BCUT2D eigenvalue weighted by Crippen LogP contribution is -2.30. The maximum Gasteiger partial charge on any atom is 0.281 e. The Kier molecular flexibility index (Phi) is 7.58. The molecule has 8 heteroatoms.